The molecule has 1 amide bonds. The summed E-state index contributed by atoms with van der Waals surface area (Å²) in [6.07, 6.45) is 3.33. The van der Waals surface area contributed by atoms with Crippen molar-refractivity contribution in [2.45, 2.75) is 58.6 Å². The molecule has 2 N–H and O–H groups in total. The zero-order chi connectivity index (χ0) is 15.4. The maximum Gasteiger partial charge on any atom is 0.243 e. The van der Waals surface area contributed by atoms with Crippen molar-refractivity contribution in [1.82, 2.24) is 4.90 Å². The van der Waals surface area contributed by atoms with E-state index in [9.17, 15) is 4.79 Å². The fourth-order valence-corrected chi connectivity index (χ4v) is 4.85. The third-order valence-electron chi connectivity index (χ3n) is 6.58. The van der Waals surface area contributed by atoms with Crippen molar-refractivity contribution in [2.75, 3.05) is 19.7 Å². The second-order valence-corrected chi connectivity index (χ2v) is 8.15. The van der Waals surface area contributed by atoms with Crippen LogP contribution in [0.2, 0.25) is 0 Å². The summed E-state index contributed by atoms with van der Waals surface area (Å²) in [6, 6.07) is 0. The first-order valence-corrected chi connectivity index (χ1v) is 8.50. The van der Waals surface area contributed by atoms with Gasteiger partial charge in [-0.25, -0.2) is 0 Å². The molecule has 3 atom stereocenters. The minimum Gasteiger partial charge on any atom is -0.377 e. The average molecular weight is 294 g/mol. The summed E-state index contributed by atoms with van der Waals surface area (Å²) < 4.78 is 5.80. The molecule has 0 aromatic carbocycles. The van der Waals surface area contributed by atoms with E-state index >= 15 is 0 Å². The van der Waals surface area contributed by atoms with E-state index in [-0.39, 0.29) is 23.3 Å². The van der Waals surface area contributed by atoms with Gasteiger partial charge in [0.1, 0.15) is 5.54 Å². The normalized spacial score (nSPS) is 39.2. The molecule has 0 spiro atoms. The molecule has 2 heterocycles. The lowest BCUT2D eigenvalue weighted by Crippen LogP contribution is -2.80. The largest absolute Gasteiger partial charge is 0.377 e. The average Bonchev–Trinajstić information content (AvgIpc) is 2.94. The second kappa shape index (κ2) is 4.95. The number of carbonyl (C=O) groups is 1. The minimum absolute atomic E-state index is 0.166. The van der Waals surface area contributed by atoms with Crippen LogP contribution in [0, 0.1) is 23.2 Å². The van der Waals surface area contributed by atoms with Crippen LogP contribution in [0.5, 0.6) is 0 Å². The van der Waals surface area contributed by atoms with Gasteiger partial charge >= 0.3 is 0 Å². The van der Waals surface area contributed by atoms with Crippen molar-refractivity contribution < 1.29 is 9.53 Å². The summed E-state index contributed by atoms with van der Waals surface area (Å²) in [6.45, 7) is 11.2. The molecule has 3 aliphatic rings. The van der Waals surface area contributed by atoms with Crippen LogP contribution >= 0.6 is 0 Å². The highest BCUT2D eigenvalue weighted by Crippen LogP contribution is 2.58. The van der Waals surface area contributed by atoms with Gasteiger partial charge < -0.3 is 15.4 Å². The first kappa shape index (κ1) is 15.3. The van der Waals surface area contributed by atoms with Crippen LogP contribution in [0.4, 0.5) is 0 Å². The van der Waals surface area contributed by atoms with E-state index in [4.69, 9.17) is 10.5 Å². The Morgan fingerprint density at radius 3 is 2.43 bits per heavy atom. The minimum atomic E-state index is -0.723. The predicted octanol–water partition coefficient (Wildman–Crippen LogP) is 2.02. The molecule has 1 aliphatic carbocycles. The number of hydrogen-bond acceptors (Lipinski definition) is 3. The van der Waals surface area contributed by atoms with Crippen molar-refractivity contribution in [3.8, 4) is 0 Å². The topological polar surface area (TPSA) is 55.6 Å². The Morgan fingerprint density at radius 2 is 1.86 bits per heavy atom. The van der Waals surface area contributed by atoms with Crippen molar-refractivity contribution in [2.24, 2.45) is 28.9 Å². The molecule has 3 unspecified atom stereocenters. The van der Waals surface area contributed by atoms with Crippen LogP contribution in [0.1, 0.15) is 47.0 Å². The van der Waals surface area contributed by atoms with Gasteiger partial charge in [0.15, 0.2) is 0 Å². The number of piperidine rings is 1. The monoisotopic (exact) mass is 294 g/mol. The second-order valence-electron chi connectivity index (χ2n) is 8.15. The number of hydrogen-bond donors (Lipinski definition) is 1. The van der Waals surface area contributed by atoms with E-state index in [1.165, 1.54) is 0 Å². The Balaban J connectivity index is 1.71. The fraction of sp³-hybridized carbons (Fsp3) is 0.941. The first-order valence-electron chi connectivity index (χ1n) is 8.50. The van der Waals surface area contributed by atoms with Crippen molar-refractivity contribution in [3.63, 3.8) is 0 Å². The summed E-state index contributed by atoms with van der Waals surface area (Å²) in [5.41, 5.74) is 5.69. The summed E-state index contributed by atoms with van der Waals surface area (Å²) in [5, 5.41) is 0. The van der Waals surface area contributed by atoms with E-state index in [1.807, 2.05) is 4.90 Å². The molecule has 0 bridgehead atoms. The molecule has 0 aromatic rings. The van der Waals surface area contributed by atoms with E-state index in [1.54, 1.807) is 0 Å². The van der Waals surface area contributed by atoms with Gasteiger partial charge in [-0.1, -0.05) is 27.7 Å². The molecular weight excluding hydrogens is 264 g/mol. The number of ether oxygens (including phenoxy) is 1. The smallest absolute Gasteiger partial charge is 0.243 e. The summed E-state index contributed by atoms with van der Waals surface area (Å²) in [4.78, 5) is 15.1. The van der Waals surface area contributed by atoms with E-state index in [2.05, 4.69) is 27.7 Å². The van der Waals surface area contributed by atoms with Gasteiger partial charge in [-0.05, 0) is 31.1 Å². The van der Waals surface area contributed by atoms with Crippen molar-refractivity contribution in [3.05, 3.63) is 0 Å². The zero-order valence-corrected chi connectivity index (χ0v) is 13.9. The Kier molecular flexibility index (Phi) is 3.61. The lowest BCUT2D eigenvalue weighted by molar-refractivity contribution is -0.185. The Hall–Kier alpha value is -0.610. The standard InChI is InChI=1S/C17H30N2O2/c1-11(2)12-5-8-19(9-6-12)15(20)17(18)13-7-10-21-14(13)16(17,3)4/h11-14H,5-10,18H2,1-4H3. The number of nitrogens with zero attached hydrogens (tertiary/aromatic N) is 1. The number of carbonyl (C=O) groups excluding carboxylic acids is 1. The molecular formula is C17H30N2O2. The molecule has 1 saturated carbocycles. The first-order chi connectivity index (χ1) is 9.80. The van der Waals surface area contributed by atoms with Crippen molar-refractivity contribution in [1.29, 1.82) is 0 Å². The van der Waals surface area contributed by atoms with E-state index in [0.29, 0.717) is 5.92 Å². The number of rotatable bonds is 2. The van der Waals surface area contributed by atoms with Gasteiger partial charge in [0.05, 0.1) is 6.10 Å². The number of fused-ring (bicyclic) bond motifs is 1. The predicted molar refractivity (Wildman–Crippen MR) is 82.7 cm³/mol. The van der Waals surface area contributed by atoms with Crippen LogP contribution < -0.4 is 5.73 Å². The van der Waals surface area contributed by atoms with E-state index < -0.39 is 5.54 Å². The Labute approximate surface area is 128 Å². The highest BCUT2D eigenvalue weighted by Gasteiger charge is 2.71. The third kappa shape index (κ3) is 1.98. The maximum atomic E-state index is 13.1. The van der Waals surface area contributed by atoms with Crippen LogP contribution in [-0.2, 0) is 9.53 Å². The summed E-state index contributed by atoms with van der Waals surface area (Å²) >= 11 is 0. The van der Waals surface area contributed by atoms with Crippen LogP contribution in [-0.4, -0.2) is 42.1 Å². The van der Waals surface area contributed by atoms with Crippen LogP contribution in [0.3, 0.4) is 0 Å². The number of nitrogens with two attached hydrogens (primary N) is 1. The number of amides is 1. The highest BCUT2D eigenvalue weighted by atomic mass is 16.5. The molecule has 2 aliphatic heterocycles. The summed E-state index contributed by atoms with van der Waals surface area (Å²) in [5.74, 6) is 1.84. The maximum absolute atomic E-state index is 13.1. The van der Waals surface area contributed by atoms with E-state index in [0.717, 1.165) is 44.9 Å². The fourth-order valence-electron chi connectivity index (χ4n) is 4.85. The van der Waals surface area contributed by atoms with Gasteiger partial charge in [-0.2, -0.15) is 0 Å². The quantitative estimate of drug-likeness (QED) is 0.848. The van der Waals surface area contributed by atoms with Gasteiger partial charge in [-0.3, -0.25) is 4.79 Å². The van der Waals surface area contributed by atoms with Gasteiger partial charge in [0.25, 0.3) is 0 Å². The zero-order valence-electron chi connectivity index (χ0n) is 13.9. The summed E-state index contributed by atoms with van der Waals surface area (Å²) in [7, 11) is 0. The lowest BCUT2D eigenvalue weighted by Gasteiger charge is -2.62. The SMILES string of the molecule is CC(C)C1CCN(C(=O)C2(N)C3CCOC3C2(C)C)CC1. The molecule has 0 radical (unpaired) electrons. The Bertz CT molecular complexity index is 427. The molecule has 0 aromatic heterocycles. The highest BCUT2D eigenvalue weighted by molar-refractivity contribution is 5.89. The van der Waals surface area contributed by atoms with Crippen molar-refractivity contribution >= 4 is 5.91 Å². The molecule has 120 valence electrons. The molecule has 2 saturated heterocycles. The molecule has 4 heteroatoms. The van der Waals surface area contributed by atoms with Crippen LogP contribution in [0.25, 0.3) is 0 Å². The molecule has 21 heavy (non-hydrogen) atoms. The lowest BCUT2D eigenvalue weighted by atomic mass is 9.47. The van der Waals surface area contributed by atoms with Gasteiger partial charge in [-0.15, -0.1) is 0 Å². The van der Waals surface area contributed by atoms with Gasteiger partial charge in [0, 0.05) is 31.0 Å². The Morgan fingerprint density at radius 1 is 1.24 bits per heavy atom. The molecule has 4 nitrogen and oxygen atoms in total. The van der Waals surface area contributed by atoms with Gasteiger partial charge in [0.2, 0.25) is 5.91 Å². The third-order valence-corrected chi connectivity index (χ3v) is 6.58. The molecule has 3 rings (SSSR count). The molecule has 3 fully saturated rings. The van der Waals surface area contributed by atoms with Crippen LogP contribution in [0.15, 0.2) is 0 Å². The number of likely N-dealkylation sites (tertiary alicyclic amines) is 1.